The average molecular weight is 420 g/mol. The SMILES string of the molecule is Cc1cc2c(cc1CN1CCc3[nH]nc(Nc4cccc(F)c4)c3C1)n(C)c(=O)n2C. The predicted octanol–water partition coefficient (Wildman–Crippen LogP) is 3.35. The van der Waals surface area contributed by atoms with E-state index in [9.17, 15) is 9.18 Å². The molecule has 4 aromatic rings. The van der Waals surface area contributed by atoms with Crippen molar-refractivity contribution >= 4 is 22.5 Å². The summed E-state index contributed by atoms with van der Waals surface area (Å²) < 4.78 is 16.9. The van der Waals surface area contributed by atoms with E-state index in [0.717, 1.165) is 54.2 Å². The summed E-state index contributed by atoms with van der Waals surface area (Å²) in [7, 11) is 3.62. The highest BCUT2D eigenvalue weighted by Gasteiger charge is 2.23. The molecule has 3 heterocycles. The lowest BCUT2D eigenvalue weighted by molar-refractivity contribution is 0.245. The smallest absolute Gasteiger partial charge is 0.328 e. The lowest BCUT2D eigenvalue weighted by Crippen LogP contribution is -2.30. The summed E-state index contributed by atoms with van der Waals surface area (Å²) in [6.45, 7) is 4.54. The van der Waals surface area contributed by atoms with Crippen molar-refractivity contribution in [3.63, 3.8) is 0 Å². The molecular formula is C23H25FN6O. The fraction of sp³-hybridized carbons (Fsp3) is 0.304. The molecule has 1 aliphatic rings. The first-order valence-corrected chi connectivity index (χ1v) is 10.4. The Morgan fingerprint density at radius 2 is 1.94 bits per heavy atom. The first kappa shape index (κ1) is 19.6. The highest BCUT2D eigenvalue weighted by atomic mass is 19.1. The van der Waals surface area contributed by atoms with Crippen LogP contribution in [0.15, 0.2) is 41.2 Å². The molecule has 0 aliphatic carbocycles. The van der Waals surface area contributed by atoms with Crippen LogP contribution in [0.2, 0.25) is 0 Å². The van der Waals surface area contributed by atoms with E-state index in [2.05, 4.69) is 39.5 Å². The number of nitrogens with one attached hydrogen (secondary N) is 2. The third-order valence-electron chi connectivity index (χ3n) is 6.22. The van der Waals surface area contributed by atoms with Gasteiger partial charge in [0.1, 0.15) is 5.82 Å². The minimum atomic E-state index is -0.280. The standard InChI is InChI=1S/C23H25FN6O/c1-14-9-20-21(29(3)23(31)28(20)2)10-15(14)12-30-8-7-19-18(13-30)22(27-26-19)25-17-6-4-5-16(24)11-17/h4-6,9-11H,7-8,12-13H2,1-3H3,(H2,25,26,27). The molecule has 0 spiro atoms. The quantitative estimate of drug-likeness (QED) is 0.531. The van der Waals surface area contributed by atoms with Gasteiger partial charge in [-0.1, -0.05) is 6.07 Å². The van der Waals surface area contributed by atoms with E-state index in [1.165, 1.54) is 23.3 Å². The van der Waals surface area contributed by atoms with Crippen molar-refractivity contribution in [2.75, 3.05) is 11.9 Å². The summed E-state index contributed by atoms with van der Waals surface area (Å²) >= 11 is 0. The fourth-order valence-electron chi connectivity index (χ4n) is 4.40. The van der Waals surface area contributed by atoms with Crippen LogP contribution in [-0.4, -0.2) is 30.8 Å². The zero-order chi connectivity index (χ0) is 21.7. The second-order valence-corrected chi connectivity index (χ2v) is 8.29. The van der Waals surface area contributed by atoms with E-state index in [1.54, 1.807) is 15.2 Å². The number of nitrogens with zero attached hydrogens (tertiary/aromatic N) is 4. The maximum atomic E-state index is 13.5. The normalized spacial score (nSPS) is 14.2. The topological polar surface area (TPSA) is 70.9 Å². The van der Waals surface area contributed by atoms with Crippen molar-refractivity contribution in [3.05, 3.63) is 75.1 Å². The second kappa shape index (κ2) is 7.39. The Bertz CT molecular complexity index is 1350. The molecule has 0 bridgehead atoms. The van der Waals surface area contributed by atoms with Crippen LogP contribution in [0.5, 0.6) is 0 Å². The van der Waals surface area contributed by atoms with Gasteiger partial charge in [-0.25, -0.2) is 9.18 Å². The Morgan fingerprint density at radius 1 is 1.16 bits per heavy atom. The fourth-order valence-corrected chi connectivity index (χ4v) is 4.40. The van der Waals surface area contributed by atoms with Gasteiger partial charge in [0, 0.05) is 57.1 Å². The van der Waals surface area contributed by atoms with Crippen molar-refractivity contribution in [3.8, 4) is 0 Å². The number of hydrogen-bond acceptors (Lipinski definition) is 4. The third-order valence-corrected chi connectivity index (χ3v) is 6.22. The lowest BCUT2D eigenvalue weighted by atomic mass is 10.0. The van der Waals surface area contributed by atoms with Crippen molar-refractivity contribution in [1.29, 1.82) is 0 Å². The molecule has 0 fully saturated rings. The molecule has 8 heteroatoms. The molecule has 160 valence electrons. The largest absolute Gasteiger partial charge is 0.338 e. The number of rotatable bonds is 4. The number of aromatic nitrogens is 4. The van der Waals surface area contributed by atoms with Gasteiger partial charge in [0.05, 0.1) is 11.0 Å². The molecule has 2 N–H and O–H groups in total. The van der Waals surface area contributed by atoms with Crippen LogP contribution in [-0.2, 0) is 33.6 Å². The minimum absolute atomic E-state index is 0.0133. The van der Waals surface area contributed by atoms with Crippen LogP contribution in [0.25, 0.3) is 11.0 Å². The molecule has 0 radical (unpaired) electrons. The Balaban J connectivity index is 1.40. The highest BCUT2D eigenvalue weighted by molar-refractivity contribution is 5.78. The maximum absolute atomic E-state index is 13.5. The summed E-state index contributed by atoms with van der Waals surface area (Å²) in [6.07, 6.45) is 0.873. The van der Waals surface area contributed by atoms with Gasteiger partial charge < -0.3 is 5.32 Å². The summed E-state index contributed by atoms with van der Waals surface area (Å²) in [4.78, 5) is 14.7. The molecule has 7 nitrogen and oxygen atoms in total. The second-order valence-electron chi connectivity index (χ2n) is 8.29. The van der Waals surface area contributed by atoms with Gasteiger partial charge in [-0.15, -0.1) is 0 Å². The third kappa shape index (κ3) is 3.42. The monoisotopic (exact) mass is 420 g/mol. The van der Waals surface area contributed by atoms with E-state index in [-0.39, 0.29) is 11.5 Å². The molecule has 0 saturated carbocycles. The molecule has 1 aliphatic heterocycles. The summed E-state index contributed by atoms with van der Waals surface area (Å²) in [5.41, 5.74) is 7.17. The molecular weight excluding hydrogens is 395 g/mol. The molecule has 0 atom stereocenters. The molecule has 0 unspecified atom stereocenters. The Hall–Kier alpha value is -3.39. The van der Waals surface area contributed by atoms with Crippen LogP contribution < -0.4 is 11.0 Å². The number of hydrogen-bond donors (Lipinski definition) is 2. The predicted molar refractivity (Wildman–Crippen MR) is 119 cm³/mol. The Morgan fingerprint density at radius 3 is 2.71 bits per heavy atom. The molecule has 5 rings (SSSR count). The number of H-pyrrole nitrogens is 1. The van der Waals surface area contributed by atoms with E-state index >= 15 is 0 Å². The molecule has 2 aromatic heterocycles. The summed E-state index contributed by atoms with van der Waals surface area (Å²) in [5.74, 6) is 0.458. The maximum Gasteiger partial charge on any atom is 0.328 e. The van der Waals surface area contributed by atoms with Crippen LogP contribution in [0.3, 0.4) is 0 Å². The van der Waals surface area contributed by atoms with Gasteiger partial charge >= 0.3 is 5.69 Å². The van der Waals surface area contributed by atoms with Crippen LogP contribution >= 0.6 is 0 Å². The van der Waals surface area contributed by atoms with Gasteiger partial charge in [-0.3, -0.25) is 19.1 Å². The van der Waals surface area contributed by atoms with Gasteiger partial charge in [0.15, 0.2) is 5.82 Å². The number of aryl methyl sites for hydroxylation is 3. The molecule has 0 amide bonds. The van der Waals surface area contributed by atoms with E-state index in [0.29, 0.717) is 5.69 Å². The summed E-state index contributed by atoms with van der Waals surface area (Å²) in [6, 6.07) is 10.6. The van der Waals surface area contributed by atoms with E-state index < -0.39 is 0 Å². The van der Waals surface area contributed by atoms with Crippen LogP contribution in [0.1, 0.15) is 22.4 Å². The van der Waals surface area contributed by atoms with Crippen molar-refractivity contribution in [2.24, 2.45) is 14.1 Å². The molecule has 2 aromatic carbocycles. The van der Waals surface area contributed by atoms with E-state index in [4.69, 9.17) is 0 Å². The first-order valence-electron chi connectivity index (χ1n) is 10.4. The number of anilines is 2. The van der Waals surface area contributed by atoms with Gasteiger partial charge in [-0.2, -0.15) is 5.10 Å². The minimum Gasteiger partial charge on any atom is -0.338 e. The number of aromatic amines is 1. The van der Waals surface area contributed by atoms with Crippen LogP contribution in [0.4, 0.5) is 15.9 Å². The molecule has 31 heavy (non-hydrogen) atoms. The van der Waals surface area contributed by atoms with Crippen molar-refractivity contribution in [2.45, 2.75) is 26.4 Å². The zero-order valence-electron chi connectivity index (χ0n) is 17.9. The first-order chi connectivity index (χ1) is 14.9. The number of benzene rings is 2. The van der Waals surface area contributed by atoms with Crippen molar-refractivity contribution < 1.29 is 4.39 Å². The zero-order valence-corrected chi connectivity index (χ0v) is 17.9. The average Bonchev–Trinajstić information content (AvgIpc) is 3.23. The van der Waals surface area contributed by atoms with Gasteiger partial charge in [0.2, 0.25) is 0 Å². The van der Waals surface area contributed by atoms with E-state index in [1.807, 2.05) is 20.2 Å². The number of imidazole rings is 1. The summed E-state index contributed by atoms with van der Waals surface area (Å²) in [5, 5.41) is 10.8. The number of fused-ring (bicyclic) bond motifs is 2. The highest BCUT2D eigenvalue weighted by Crippen LogP contribution is 2.28. The van der Waals surface area contributed by atoms with Gasteiger partial charge in [-0.05, 0) is 48.4 Å². The molecule has 0 saturated heterocycles. The van der Waals surface area contributed by atoms with Crippen LogP contribution in [0, 0.1) is 12.7 Å². The van der Waals surface area contributed by atoms with Gasteiger partial charge in [0.25, 0.3) is 0 Å². The van der Waals surface area contributed by atoms with Crippen molar-refractivity contribution in [1.82, 2.24) is 24.2 Å². The Labute approximate surface area is 179 Å². The Kier molecular flexibility index (Phi) is 4.66. The number of halogens is 1. The lowest BCUT2D eigenvalue weighted by Gasteiger charge is -2.27.